The average Bonchev–Trinajstić information content (AvgIpc) is 2.65. The van der Waals surface area contributed by atoms with Crippen LogP contribution in [0.15, 0.2) is 66.1 Å². The van der Waals surface area contributed by atoms with Crippen LogP contribution in [0.3, 0.4) is 0 Å². The van der Waals surface area contributed by atoms with Crippen LogP contribution in [0, 0.1) is 0 Å². The van der Waals surface area contributed by atoms with Gasteiger partial charge in [-0.3, -0.25) is 4.79 Å². The lowest BCUT2D eigenvalue weighted by atomic mass is 10.1. The second kappa shape index (κ2) is 8.57. The minimum atomic E-state index is -4.54. The molecule has 0 aliphatic carbocycles. The maximum atomic E-state index is 13.1. The van der Waals surface area contributed by atoms with Crippen molar-refractivity contribution in [3.63, 3.8) is 0 Å². The molecule has 0 aromatic heterocycles. The molecule has 0 radical (unpaired) electrons. The largest absolute Gasteiger partial charge is 0.416 e. The summed E-state index contributed by atoms with van der Waals surface area (Å²) >= 11 is 0. The van der Waals surface area contributed by atoms with Gasteiger partial charge in [0.05, 0.1) is 10.5 Å². The molecule has 0 aliphatic heterocycles. The second-order valence-electron chi connectivity index (χ2n) is 5.98. The van der Waals surface area contributed by atoms with Gasteiger partial charge >= 0.3 is 6.18 Å². The van der Waals surface area contributed by atoms with Gasteiger partial charge in [0, 0.05) is 25.7 Å². The second-order valence-corrected chi connectivity index (χ2v) is 7.75. The summed E-state index contributed by atoms with van der Waals surface area (Å²) in [6.07, 6.45) is -3.16. The van der Waals surface area contributed by atoms with E-state index in [1.807, 2.05) is 0 Å². The Morgan fingerprint density at radius 3 is 2.50 bits per heavy atom. The van der Waals surface area contributed by atoms with Gasteiger partial charge in [-0.25, -0.2) is 13.1 Å². The number of carbonyl (C=O) groups is 1. The first-order valence-corrected chi connectivity index (χ1v) is 9.66. The summed E-state index contributed by atoms with van der Waals surface area (Å²) in [5.41, 5.74) is -0.824. The van der Waals surface area contributed by atoms with Crippen molar-refractivity contribution < 1.29 is 26.4 Å². The molecule has 0 spiro atoms. The van der Waals surface area contributed by atoms with E-state index in [1.165, 1.54) is 55.6 Å². The lowest BCUT2D eigenvalue weighted by molar-refractivity contribution is -0.138. The molecule has 0 bridgehead atoms. The number of hydrogen-bond donors (Lipinski definition) is 1. The third-order valence-corrected chi connectivity index (χ3v) is 5.31. The van der Waals surface area contributed by atoms with Gasteiger partial charge in [-0.15, -0.1) is 6.58 Å². The van der Waals surface area contributed by atoms with Gasteiger partial charge in [-0.1, -0.05) is 30.3 Å². The normalized spacial score (nSPS) is 11.9. The standard InChI is InChI=1S/C19H19F3N2O3S/c1-3-11-23-28(26,27)16-9-6-8-14(12-16)18(25)24(2)13-15-7-4-5-10-17(15)19(20,21)22/h3-10,12,23H,1,11,13H2,2H3. The highest BCUT2D eigenvalue weighted by atomic mass is 32.2. The number of hydrogen-bond acceptors (Lipinski definition) is 3. The molecule has 0 saturated carbocycles. The zero-order valence-electron chi connectivity index (χ0n) is 15.0. The quantitative estimate of drug-likeness (QED) is 0.709. The van der Waals surface area contributed by atoms with Crippen molar-refractivity contribution in [1.29, 1.82) is 0 Å². The zero-order valence-corrected chi connectivity index (χ0v) is 15.8. The average molecular weight is 412 g/mol. The SMILES string of the molecule is C=CCNS(=O)(=O)c1cccc(C(=O)N(C)Cc2ccccc2C(F)(F)F)c1. The van der Waals surface area contributed by atoms with Crippen molar-refractivity contribution in [2.24, 2.45) is 0 Å². The number of halogens is 3. The number of alkyl halides is 3. The Bertz CT molecular complexity index is 972. The summed E-state index contributed by atoms with van der Waals surface area (Å²) in [6.45, 7) is 3.17. The van der Waals surface area contributed by atoms with Crippen LogP contribution in [0.1, 0.15) is 21.5 Å². The molecule has 0 aliphatic rings. The van der Waals surface area contributed by atoms with E-state index in [2.05, 4.69) is 11.3 Å². The van der Waals surface area contributed by atoms with Gasteiger partial charge in [-0.2, -0.15) is 13.2 Å². The van der Waals surface area contributed by atoms with Crippen LogP contribution < -0.4 is 4.72 Å². The highest BCUT2D eigenvalue weighted by Crippen LogP contribution is 2.32. The van der Waals surface area contributed by atoms with Crippen LogP contribution in [0.2, 0.25) is 0 Å². The summed E-state index contributed by atoms with van der Waals surface area (Å²) in [5.74, 6) is -0.599. The molecule has 1 N–H and O–H groups in total. The van der Waals surface area contributed by atoms with E-state index in [4.69, 9.17) is 0 Å². The zero-order chi connectivity index (χ0) is 20.9. The Kier molecular flexibility index (Phi) is 6.63. The van der Waals surface area contributed by atoms with Gasteiger partial charge in [0.25, 0.3) is 5.91 Å². The fraction of sp³-hybridized carbons (Fsp3) is 0.211. The molecule has 0 fully saturated rings. The number of amides is 1. The number of benzene rings is 2. The van der Waals surface area contributed by atoms with Gasteiger partial charge in [0.15, 0.2) is 0 Å². The minimum Gasteiger partial charge on any atom is -0.337 e. The summed E-state index contributed by atoms with van der Waals surface area (Å²) in [6, 6.07) is 10.3. The molecule has 0 unspecified atom stereocenters. The van der Waals surface area contributed by atoms with E-state index in [0.29, 0.717) is 0 Å². The molecule has 28 heavy (non-hydrogen) atoms. The summed E-state index contributed by atoms with van der Waals surface area (Å²) in [5, 5.41) is 0. The number of carbonyl (C=O) groups excluding carboxylic acids is 1. The molecular weight excluding hydrogens is 393 g/mol. The predicted octanol–water partition coefficient (Wildman–Crippen LogP) is 3.44. The molecule has 2 rings (SSSR count). The van der Waals surface area contributed by atoms with Gasteiger partial charge in [-0.05, 0) is 29.8 Å². The Labute approximate surface area is 161 Å². The van der Waals surface area contributed by atoms with E-state index >= 15 is 0 Å². The molecule has 150 valence electrons. The molecule has 9 heteroatoms. The van der Waals surface area contributed by atoms with E-state index < -0.39 is 27.7 Å². The van der Waals surface area contributed by atoms with Crippen LogP contribution >= 0.6 is 0 Å². The lowest BCUT2D eigenvalue weighted by Crippen LogP contribution is -2.28. The summed E-state index contributed by atoms with van der Waals surface area (Å²) in [7, 11) is -2.48. The van der Waals surface area contributed by atoms with Gasteiger partial charge in [0.2, 0.25) is 10.0 Å². The van der Waals surface area contributed by atoms with Crippen LogP contribution in [-0.4, -0.2) is 32.8 Å². The maximum Gasteiger partial charge on any atom is 0.416 e. The van der Waals surface area contributed by atoms with Crippen molar-refractivity contribution in [1.82, 2.24) is 9.62 Å². The van der Waals surface area contributed by atoms with Crippen molar-refractivity contribution in [3.05, 3.63) is 77.9 Å². The molecule has 0 heterocycles. The third kappa shape index (κ3) is 5.20. The van der Waals surface area contributed by atoms with E-state index in [-0.39, 0.29) is 29.1 Å². The molecular formula is C19H19F3N2O3S. The van der Waals surface area contributed by atoms with Crippen molar-refractivity contribution in [3.8, 4) is 0 Å². The molecule has 2 aromatic carbocycles. The Morgan fingerprint density at radius 1 is 1.18 bits per heavy atom. The first kappa shape index (κ1) is 21.6. The smallest absolute Gasteiger partial charge is 0.337 e. The third-order valence-electron chi connectivity index (χ3n) is 3.89. The first-order valence-electron chi connectivity index (χ1n) is 8.17. The summed E-state index contributed by atoms with van der Waals surface area (Å²) < 4.78 is 66.0. The maximum absolute atomic E-state index is 13.1. The Balaban J connectivity index is 2.26. The Morgan fingerprint density at radius 2 is 1.86 bits per heavy atom. The van der Waals surface area contributed by atoms with E-state index in [0.717, 1.165) is 11.0 Å². The molecule has 0 atom stereocenters. The lowest BCUT2D eigenvalue weighted by Gasteiger charge is -2.20. The fourth-order valence-corrected chi connectivity index (χ4v) is 3.57. The van der Waals surface area contributed by atoms with Crippen LogP contribution in [0.5, 0.6) is 0 Å². The summed E-state index contributed by atoms with van der Waals surface area (Å²) in [4.78, 5) is 13.6. The highest BCUT2D eigenvalue weighted by molar-refractivity contribution is 7.89. The topological polar surface area (TPSA) is 66.5 Å². The number of rotatable bonds is 7. The fourth-order valence-electron chi connectivity index (χ4n) is 2.53. The van der Waals surface area contributed by atoms with Gasteiger partial charge < -0.3 is 4.90 Å². The minimum absolute atomic E-state index is 0.0225. The van der Waals surface area contributed by atoms with Crippen molar-refractivity contribution in [2.75, 3.05) is 13.6 Å². The first-order chi connectivity index (χ1) is 13.1. The Hall–Kier alpha value is -2.65. The number of nitrogens with zero attached hydrogens (tertiary/aromatic N) is 1. The van der Waals surface area contributed by atoms with Crippen molar-refractivity contribution in [2.45, 2.75) is 17.6 Å². The van der Waals surface area contributed by atoms with Gasteiger partial charge in [0.1, 0.15) is 0 Å². The van der Waals surface area contributed by atoms with E-state index in [1.54, 1.807) is 0 Å². The molecule has 5 nitrogen and oxygen atoms in total. The van der Waals surface area contributed by atoms with Crippen LogP contribution in [0.4, 0.5) is 13.2 Å². The number of sulfonamides is 1. The highest BCUT2D eigenvalue weighted by Gasteiger charge is 2.33. The monoisotopic (exact) mass is 412 g/mol. The number of nitrogens with one attached hydrogen (secondary N) is 1. The molecule has 2 aromatic rings. The van der Waals surface area contributed by atoms with E-state index in [9.17, 15) is 26.4 Å². The predicted molar refractivity (Wildman–Crippen MR) is 99.1 cm³/mol. The van der Waals surface area contributed by atoms with Crippen LogP contribution in [-0.2, 0) is 22.7 Å². The molecule has 0 saturated heterocycles. The van der Waals surface area contributed by atoms with Crippen molar-refractivity contribution >= 4 is 15.9 Å². The van der Waals surface area contributed by atoms with Crippen LogP contribution in [0.25, 0.3) is 0 Å². The molecule has 1 amide bonds.